The van der Waals surface area contributed by atoms with Crippen molar-refractivity contribution in [2.45, 2.75) is 44.7 Å². The molecule has 0 spiro atoms. The van der Waals surface area contributed by atoms with Crippen molar-refractivity contribution in [3.8, 4) is 62.6 Å². The molecule has 6 rings (SSSR count). The monoisotopic (exact) mass is 827 g/mol. The Labute approximate surface area is 349 Å². The van der Waals surface area contributed by atoms with Gasteiger partial charge in [0.15, 0.2) is 23.0 Å². The largest absolute Gasteiger partial charge is 0.495 e. The van der Waals surface area contributed by atoms with Crippen LogP contribution < -0.4 is 38.1 Å². The maximum atomic E-state index is 5.89. The number of pyridine rings is 2. The van der Waals surface area contributed by atoms with Gasteiger partial charge in [-0.1, -0.05) is 12.1 Å². The number of rotatable bonds is 15. The highest BCUT2D eigenvalue weighted by Crippen LogP contribution is 2.43. The van der Waals surface area contributed by atoms with Crippen molar-refractivity contribution >= 4 is 42.9 Å². The van der Waals surface area contributed by atoms with Gasteiger partial charge in [-0.3, -0.25) is 9.97 Å². The fourth-order valence-electron chi connectivity index (χ4n) is 7.43. The first-order valence-corrected chi connectivity index (χ1v) is 17.8. The number of anilines is 1. The van der Waals surface area contributed by atoms with E-state index in [1.54, 1.807) is 49.8 Å². The summed E-state index contributed by atoms with van der Waals surface area (Å²) in [5, 5.41) is 0. The second-order valence-corrected chi connectivity index (χ2v) is 13.1. The van der Waals surface area contributed by atoms with Crippen LogP contribution in [0, 0.1) is 5.92 Å². The molecule has 0 N–H and O–H groups in total. The Bertz CT molecular complexity index is 1960. The van der Waals surface area contributed by atoms with Gasteiger partial charge < -0.3 is 38.1 Å². The molecule has 13 heteroatoms. The zero-order chi connectivity index (χ0) is 37.3. The predicted molar refractivity (Wildman–Crippen MR) is 229 cm³/mol. The van der Waals surface area contributed by atoms with Gasteiger partial charge in [-0.15, -0.1) is 37.2 Å². The lowest BCUT2D eigenvalue weighted by molar-refractivity contribution is 0.310. The van der Waals surface area contributed by atoms with Crippen LogP contribution in [-0.4, -0.2) is 65.8 Å². The summed E-state index contributed by atoms with van der Waals surface area (Å²) in [6.45, 7) is 0.705. The molecular weight excluding hydrogens is 777 g/mol. The van der Waals surface area contributed by atoms with Crippen molar-refractivity contribution < 1.29 is 33.2 Å². The molecule has 302 valence electrons. The fourth-order valence-corrected chi connectivity index (χ4v) is 7.43. The van der Waals surface area contributed by atoms with Gasteiger partial charge in [-0.05, 0) is 109 Å². The smallest absolute Gasteiger partial charge is 0.203 e. The summed E-state index contributed by atoms with van der Waals surface area (Å²) in [7, 11) is 11.5. The Morgan fingerprint density at radius 1 is 0.554 bits per heavy atom. The second-order valence-electron chi connectivity index (χ2n) is 13.1. The Hall–Kier alpha value is -4.77. The van der Waals surface area contributed by atoms with Gasteiger partial charge in [-0.25, -0.2) is 0 Å². The lowest BCUT2D eigenvalue weighted by Gasteiger charge is -2.39. The van der Waals surface area contributed by atoms with Crippen molar-refractivity contribution in [2.24, 2.45) is 5.92 Å². The van der Waals surface area contributed by atoms with Gasteiger partial charge in [0.25, 0.3) is 0 Å². The number of para-hydroxylation sites is 2. The molecule has 1 saturated carbocycles. The fraction of sp³-hybridized carbons (Fsp3) is 0.349. The molecule has 1 aliphatic carbocycles. The number of hydrogen-bond donors (Lipinski definition) is 0. The molecule has 5 aromatic rings. The first-order valence-electron chi connectivity index (χ1n) is 17.8. The molecule has 0 bridgehead atoms. The number of halogens is 3. The standard InChI is InChI=1S/C43H49N3O7.3ClH/c1-47-37-11-9-8-10-36(37)46(27-29-16-17-45-35(20-29)32-23-40(50-4)43(53-7)41(24-32)51-5)34-14-12-28(13-15-34)18-30-19-33(26-44-25-30)31-21-38(48-2)42(52-6)39(22-31)49-3;;;/h8-11,16-17,19-26,28,34H,12-15,18,27H2,1-7H3;3*1H. The number of hydrogen-bond acceptors (Lipinski definition) is 10. The number of methoxy groups -OCH3 is 7. The van der Waals surface area contributed by atoms with E-state index in [2.05, 4.69) is 40.2 Å². The molecule has 2 aromatic heterocycles. The van der Waals surface area contributed by atoms with Crippen molar-refractivity contribution in [1.82, 2.24) is 9.97 Å². The van der Waals surface area contributed by atoms with E-state index in [9.17, 15) is 0 Å². The molecule has 1 aliphatic rings. The van der Waals surface area contributed by atoms with Crippen LogP contribution in [-0.2, 0) is 13.0 Å². The Balaban J connectivity index is 0.00000280. The quantitative estimate of drug-likeness (QED) is 0.102. The van der Waals surface area contributed by atoms with E-state index in [1.807, 2.05) is 55.0 Å². The van der Waals surface area contributed by atoms with Crippen LogP contribution in [0.2, 0.25) is 0 Å². The molecule has 0 unspecified atom stereocenters. The summed E-state index contributed by atoms with van der Waals surface area (Å²) in [6.07, 6.45) is 11.1. The molecule has 56 heavy (non-hydrogen) atoms. The van der Waals surface area contributed by atoms with E-state index in [1.165, 1.54) is 5.56 Å². The number of nitrogens with zero attached hydrogens (tertiary/aromatic N) is 3. The lowest BCUT2D eigenvalue weighted by Crippen LogP contribution is -2.38. The molecule has 1 fully saturated rings. The zero-order valence-electron chi connectivity index (χ0n) is 32.9. The average Bonchev–Trinajstić information content (AvgIpc) is 3.22. The molecule has 2 heterocycles. The highest BCUT2D eigenvalue weighted by atomic mass is 35.5. The van der Waals surface area contributed by atoms with Crippen LogP contribution in [0.4, 0.5) is 5.69 Å². The average molecular weight is 829 g/mol. The molecule has 3 aromatic carbocycles. The second kappa shape index (κ2) is 21.5. The van der Waals surface area contributed by atoms with Crippen LogP contribution >= 0.6 is 37.2 Å². The van der Waals surface area contributed by atoms with E-state index < -0.39 is 0 Å². The Morgan fingerprint density at radius 3 is 1.66 bits per heavy atom. The number of aromatic nitrogens is 2. The van der Waals surface area contributed by atoms with Gasteiger partial charge >= 0.3 is 0 Å². The van der Waals surface area contributed by atoms with Crippen molar-refractivity contribution in [3.63, 3.8) is 0 Å². The normalized spacial score (nSPS) is 14.5. The highest BCUT2D eigenvalue weighted by Gasteiger charge is 2.28. The van der Waals surface area contributed by atoms with E-state index in [0.717, 1.165) is 71.5 Å². The Morgan fingerprint density at radius 2 is 1.11 bits per heavy atom. The first-order chi connectivity index (χ1) is 25.9. The van der Waals surface area contributed by atoms with Crippen LogP contribution in [0.1, 0.15) is 36.8 Å². The van der Waals surface area contributed by atoms with Crippen LogP contribution in [0.5, 0.6) is 40.2 Å². The van der Waals surface area contributed by atoms with Gasteiger partial charge in [0.1, 0.15) is 5.75 Å². The topological polar surface area (TPSA) is 93.6 Å². The summed E-state index contributed by atoms with van der Waals surface area (Å²) in [6, 6.07) is 22.9. The molecule has 0 atom stereocenters. The van der Waals surface area contributed by atoms with E-state index in [4.69, 9.17) is 38.1 Å². The van der Waals surface area contributed by atoms with Gasteiger partial charge in [0.2, 0.25) is 11.5 Å². The van der Waals surface area contributed by atoms with E-state index >= 15 is 0 Å². The summed E-state index contributed by atoms with van der Waals surface area (Å²) < 4.78 is 39.4. The van der Waals surface area contributed by atoms with Crippen molar-refractivity contribution in [2.75, 3.05) is 54.7 Å². The lowest BCUT2D eigenvalue weighted by atomic mass is 9.81. The molecule has 10 nitrogen and oxygen atoms in total. The number of benzene rings is 3. The van der Waals surface area contributed by atoms with Crippen LogP contribution in [0.25, 0.3) is 22.4 Å². The zero-order valence-corrected chi connectivity index (χ0v) is 35.4. The molecular formula is C43H52Cl3N3O7. The third kappa shape index (κ3) is 10.1. The summed E-state index contributed by atoms with van der Waals surface area (Å²) in [4.78, 5) is 11.9. The predicted octanol–water partition coefficient (Wildman–Crippen LogP) is 9.94. The van der Waals surface area contributed by atoms with Crippen molar-refractivity contribution in [1.29, 1.82) is 0 Å². The molecule has 0 saturated heterocycles. The number of ether oxygens (including phenoxy) is 7. The van der Waals surface area contributed by atoms with E-state index in [-0.39, 0.29) is 37.2 Å². The van der Waals surface area contributed by atoms with Crippen molar-refractivity contribution in [3.05, 3.63) is 96.4 Å². The third-order valence-corrected chi connectivity index (χ3v) is 10.1. The molecule has 0 radical (unpaired) electrons. The van der Waals surface area contributed by atoms with Crippen LogP contribution in [0.3, 0.4) is 0 Å². The van der Waals surface area contributed by atoms with Gasteiger partial charge in [0.05, 0.1) is 61.1 Å². The first kappa shape index (κ1) is 45.6. The summed E-state index contributed by atoms with van der Waals surface area (Å²) in [5.41, 5.74) is 7.15. The minimum absolute atomic E-state index is 0. The maximum Gasteiger partial charge on any atom is 0.203 e. The highest BCUT2D eigenvalue weighted by molar-refractivity contribution is 5.86. The summed E-state index contributed by atoms with van der Waals surface area (Å²) in [5.74, 6) is 4.96. The molecule has 0 amide bonds. The van der Waals surface area contributed by atoms with Crippen LogP contribution in [0.15, 0.2) is 85.3 Å². The Kier molecular flexibility index (Phi) is 17.5. The maximum absolute atomic E-state index is 5.89. The minimum atomic E-state index is 0. The third-order valence-electron chi connectivity index (χ3n) is 10.1. The SMILES string of the molecule is COc1ccccc1N(Cc1ccnc(-c2cc(OC)c(OC)c(OC)c2)c1)C1CCC(Cc2cncc(-c3cc(OC)c(OC)c(OC)c3)c2)CC1.Cl.Cl.Cl. The van der Waals surface area contributed by atoms with Gasteiger partial charge in [0, 0.05) is 42.3 Å². The van der Waals surface area contributed by atoms with Gasteiger partial charge in [-0.2, -0.15) is 0 Å². The van der Waals surface area contributed by atoms with E-state index in [0.29, 0.717) is 53.0 Å². The summed E-state index contributed by atoms with van der Waals surface area (Å²) >= 11 is 0. The minimum Gasteiger partial charge on any atom is -0.495 e. The molecule has 0 aliphatic heterocycles.